The highest BCUT2D eigenvalue weighted by molar-refractivity contribution is 5.73. The topological polar surface area (TPSA) is 52.6 Å². The van der Waals surface area contributed by atoms with Crippen molar-refractivity contribution in [2.45, 2.75) is 38.7 Å². The van der Waals surface area contributed by atoms with Gasteiger partial charge in [0, 0.05) is 20.1 Å². The lowest BCUT2D eigenvalue weighted by Crippen LogP contribution is -2.42. The monoisotopic (exact) mass is 290 g/mol. The molecule has 0 bridgehead atoms. The summed E-state index contributed by atoms with van der Waals surface area (Å²) in [5.74, 6) is 0.400. The van der Waals surface area contributed by atoms with Crippen LogP contribution in [0.2, 0.25) is 0 Å². The van der Waals surface area contributed by atoms with E-state index in [1.54, 1.807) is 11.9 Å². The number of nitrogens with one attached hydrogen (secondary N) is 1. The first-order chi connectivity index (χ1) is 10.1. The van der Waals surface area contributed by atoms with Crippen LogP contribution in [0.1, 0.15) is 30.9 Å². The van der Waals surface area contributed by atoms with Gasteiger partial charge >= 0.3 is 6.03 Å². The first-order valence-corrected chi connectivity index (χ1v) is 7.85. The molecule has 1 aliphatic carbocycles. The molecule has 1 saturated carbocycles. The minimum atomic E-state index is -0.373. The predicted molar refractivity (Wildman–Crippen MR) is 84.3 cm³/mol. The molecule has 21 heavy (non-hydrogen) atoms. The van der Waals surface area contributed by atoms with Crippen molar-refractivity contribution in [1.82, 2.24) is 10.2 Å². The van der Waals surface area contributed by atoms with Crippen molar-refractivity contribution in [3.63, 3.8) is 0 Å². The molecule has 1 aromatic rings. The lowest BCUT2D eigenvalue weighted by molar-refractivity contribution is 0.113. The Hall–Kier alpha value is -1.55. The molecule has 4 nitrogen and oxygen atoms in total. The zero-order chi connectivity index (χ0) is 15.2. The van der Waals surface area contributed by atoms with E-state index in [9.17, 15) is 9.90 Å². The van der Waals surface area contributed by atoms with Gasteiger partial charge in [0.05, 0.1) is 6.10 Å². The molecule has 1 aliphatic rings. The predicted octanol–water partition coefficient (Wildman–Crippen LogP) is 2.20. The lowest BCUT2D eigenvalue weighted by Gasteiger charge is -2.21. The van der Waals surface area contributed by atoms with Crippen molar-refractivity contribution in [2.24, 2.45) is 5.92 Å². The summed E-state index contributed by atoms with van der Waals surface area (Å²) in [6.07, 6.45) is 3.68. The maximum absolute atomic E-state index is 11.9. The van der Waals surface area contributed by atoms with Crippen LogP contribution in [-0.2, 0) is 12.8 Å². The van der Waals surface area contributed by atoms with Crippen LogP contribution in [0, 0.1) is 5.92 Å². The molecule has 1 aromatic carbocycles. The highest BCUT2D eigenvalue weighted by Gasteiger charge is 2.31. The van der Waals surface area contributed by atoms with Crippen molar-refractivity contribution < 1.29 is 9.90 Å². The fraction of sp³-hybridized carbons (Fsp3) is 0.588. The largest absolute Gasteiger partial charge is 0.391 e. The Bertz CT molecular complexity index is 454. The van der Waals surface area contributed by atoms with Crippen LogP contribution >= 0.6 is 0 Å². The van der Waals surface area contributed by atoms with Gasteiger partial charge in [-0.25, -0.2) is 4.79 Å². The molecule has 2 N–H and O–H groups in total. The van der Waals surface area contributed by atoms with Crippen LogP contribution in [0.15, 0.2) is 24.3 Å². The number of benzene rings is 1. The first-order valence-electron chi connectivity index (χ1n) is 7.85. The minimum absolute atomic E-state index is 0.111. The van der Waals surface area contributed by atoms with Crippen molar-refractivity contribution in [3.05, 3.63) is 35.4 Å². The second-order valence-electron chi connectivity index (χ2n) is 5.94. The quantitative estimate of drug-likeness (QED) is 0.809. The van der Waals surface area contributed by atoms with E-state index in [1.807, 2.05) is 0 Å². The molecule has 0 spiro atoms. The van der Waals surface area contributed by atoms with Crippen LogP contribution in [0.5, 0.6) is 0 Å². The van der Waals surface area contributed by atoms with Gasteiger partial charge in [-0.1, -0.05) is 31.2 Å². The van der Waals surface area contributed by atoms with Gasteiger partial charge in [0.1, 0.15) is 0 Å². The highest BCUT2D eigenvalue weighted by atomic mass is 16.3. The SMILES string of the molecule is CCc1ccc(CCNC(=O)N(C)CC(O)C2CC2)cc1. The Morgan fingerprint density at radius 3 is 2.52 bits per heavy atom. The third-order valence-corrected chi connectivity index (χ3v) is 4.09. The van der Waals surface area contributed by atoms with Crippen molar-refractivity contribution >= 4 is 6.03 Å². The zero-order valence-electron chi connectivity index (χ0n) is 13.0. The Morgan fingerprint density at radius 1 is 1.33 bits per heavy atom. The van der Waals surface area contributed by atoms with Crippen LogP contribution in [-0.4, -0.2) is 42.3 Å². The maximum Gasteiger partial charge on any atom is 0.317 e. The third kappa shape index (κ3) is 5.05. The summed E-state index contributed by atoms with van der Waals surface area (Å²) in [5.41, 5.74) is 2.56. The van der Waals surface area contributed by atoms with Crippen LogP contribution < -0.4 is 5.32 Å². The van der Waals surface area contributed by atoms with E-state index in [1.165, 1.54) is 11.1 Å². The Kier molecular flexibility index (Phi) is 5.62. The van der Waals surface area contributed by atoms with Gasteiger partial charge in [0.15, 0.2) is 0 Å². The van der Waals surface area contributed by atoms with Gasteiger partial charge in [-0.3, -0.25) is 0 Å². The highest BCUT2D eigenvalue weighted by Crippen LogP contribution is 2.32. The number of urea groups is 1. The Labute approximate surface area is 127 Å². The van der Waals surface area contributed by atoms with Gasteiger partial charge in [-0.15, -0.1) is 0 Å². The van der Waals surface area contributed by atoms with E-state index in [2.05, 4.69) is 36.5 Å². The third-order valence-electron chi connectivity index (χ3n) is 4.09. The number of amides is 2. The summed E-state index contributed by atoms with van der Waals surface area (Å²) in [7, 11) is 1.73. The number of hydrogen-bond acceptors (Lipinski definition) is 2. The van der Waals surface area contributed by atoms with Gasteiger partial charge in [0.2, 0.25) is 0 Å². The van der Waals surface area contributed by atoms with Crippen molar-refractivity contribution in [1.29, 1.82) is 0 Å². The Balaban J connectivity index is 1.67. The fourth-order valence-corrected chi connectivity index (χ4v) is 2.38. The molecular weight excluding hydrogens is 264 g/mol. The first kappa shape index (κ1) is 15.8. The molecule has 2 amide bonds. The van der Waals surface area contributed by atoms with Gasteiger partial charge < -0.3 is 15.3 Å². The molecule has 0 heterocycles. The average Bonchev–Trinajstić information content (AvgIpc) is 3.32. The second-order valence-corrected chi connectivity index (χ2v) is 5.94. The molecule has 4 heteroatoms. The number of nitrogens with zero attached hydrogens (tertiary/aromatic N) is 1. The lowest BCUT2D eigenvalue weighted by atomic mass is 10.1. The maximum atomic E-state index is 11.9. The summed E-state index contributed by atoms with van der Waals surface area (Å²) in [5, 5.41) is 12.7. The molecular formula is C17H26N2O2. The molecule has 116 valence electrons. The van der Waals surface area contributed by atoms with E-state index in [-0.39, 0.29) is 12.1 Å². The average molecular weight is 290 g/mol. The molecule has 1 atom stereocenters. The normalized spacial score (nSPS) is 15.6. The van der Waals surface area contributed by atoms with Gasteiger partial charge in [-0.05, 0) is 42.7 Å². The molecule has 1 fully saturated rings. The number of aryl methyl sites for hydroxylation is 1. The van der Waals surface area contributed by atoms with E-state index < -0.39 is 0 Å². The van der Waals surface area contributed by atoms with Crippen LogP contribution in [0.25, 0.3) is 0 Å². The number of aliphatic hydroxyl groups is 1. The molecule has 1 unspecified atom stereocenters. The number of hydrogen-bond donors (Lipinski definition) is 2. The van der Waals surface area contributed by atoms with E-state index in [4.69, 9.17) is 0 Å². The van der Waals surface area contributed by atoms with Gasteiger partial charge in [0.25, 0.3) is 0 Å². The second kappa shape index (κ2) is 7.46. The Morgan fingerprint density at radius 2 is 1.95 bits per heavy atom. The van der Waals surface area contributed by atoms with Crippen LogP contribution in [0.4, 0.5) is 4.79 Å². The summed E-state index contributed by atoms with van der Waals surface area (Å²) in [4.78, 5) is 13.5. The fourth-order valence-electron chi connectivity index (χ4n) is 2.38. The van der Waals surface area contributed by atoms with Gasteiger partial charge in [-0.2, -0.15) is 0 Å². The number of carbonyl (C=O) groups excluding carboxylic acids is 1. The zero-order valence-corrected chi connectivity index (χ0v) is 13.0. The number of carbonyl (C=O) groups is 1. The van der Waals surface area contributed by atoms with Crippen molar-refractivity contribution in [2.75, 3.05) is 20.1 Å². The smallest absolute Gasteiger partial charge is 0.317 e. The molecule has 0 aliphatic heterocycles. The van der Waals surface area contributed by atoms with E-state index >= 15 is 0 Å². The van der Waals surface area contributed by atoms with Crippen molar-refractivity contribution in [3.8, 4) is 0 Å². The summed E-state index contributed by atoms with van der Waals surface area (Å²) in [6, 6.07) is 8.39. The summed E-state index contributed by atoms with van der Waals surface area (Å²) < 4.78 is 0. The number of rotatable bonds is 7. The molecule has 0 saturated heterocycles. The molecule has 0 aromatic heterocycles. The summed E-state index contributed by atoms with van der Waals surface area (Å²) >= 11 is 0. The van der Waals surface area contributed by atoms with E-state index in [0.29, 0.717) is 19.0 Å². The van der Waals surface area contributed by atoms with Crippen LogP contribution in [0.3, 0.4) is 0 Å². The number of aliphatic hydroxyl groups excluding tert-OH is 1. The number of likely N-dealkylation sites (N-methyl/N-ethyl adjacent to an activating group) is 1. The standard InChI is InChI=1S/C17H26N2O2/c1-3-13-4-6-14(7-5-13)10-11-18-17(21)19(2)12-16(20)15-8-9-15/h4-7,15-16,20H,3,8-12H2,1-2H3,(H,18,21). The minimum Gasteiger partial charge on any atom is -0.391 e. The molecule has 2 rings (SSSR count). The van der Waals surface area contributed by atoms with E-state index in [0.717, 1.165) is 25.7 Å². The molecule has 0 radical (unpaired) electrons. The summed E-state index contributed by atoms with van der Waals surface area (Å²) in [6.45, 7) is 3.18.